The first-order valence-corrected chi connectivity index (χ1v) is 6.37. The van der Waals surface area contributed by atoms with Gasteiger partial charge in [-0.05, 0) is 44.5 Å². The summed E-state index contributed by atoms with van der Waals surface area (Å²) < 4.78 is 2.19. The highest BCUT2D eigenvalue weighted by Crippen LogP contribution is 2.08. The third-order valence-corrected chi connectivity index (χ3v) is 2.95. The predicted octanol–water partition coefficient (Wildman–Crippen LogP) is 2.19. The molecule has 0 atom stereocenters. The van der Waals surface area contributed by atoms with Crippen molar-refractivity contribution in [3.05, 3.63) is 48.3 Å². The molecule has 4 heteroatoms. The Kier molecular flexibility index (Phi) is 4.47. The number of pyridine rings is 1. The molecule has 2 heterocycles. The van der Waals surface area contributed by atoms with E-state index in [1.807, 2.05) is 24.9 Å². The van der Waals surface area contributed by atoms with Crippen LogP contribution in [-0.4, -0.2) is 21.1 Å². The minimum absolute atomic E-state index is 0.462. The van der Waals surface area contributed by atoms with Gasteiger partial charge in [0.15, 0.2) is 0 Å². The van der Waals surface area contributed by atoms with Gasteiger partial charge in [0.1, 0.15) is 0 Å². The van der Waals surface area contributed by atoms with E-state index in [1.54, 1.807) is 0 Å². The summed E-state index contributed by atoms with van der Waals surface area (Å²) >= 11 is 0. The van der Waals surface area contributed by atoms with Crippen LogP contribution >= 0.6 is 0 Å². The molecule has 0 aliphatic rings. The van der Waals surface area contributed by atoms with E-state index in [-0.39, 0.29) is 0 Å². The minimum Gasteiger partial charge on any atom is -0.331 e. The molecule has 0 amide bonds. The van der Waals surface area contributed by atoms with Gasteiger partial charge < -0.3 is 9.88 Å². The molecule has 96 valence electrons. The number of rotatable bonds is 6. The normalized spacial score (nSPS) is 11.1. The van der Waals surface area contributed by atoms with Crippen molar-refractivity contribution in [3.63, 3.8) is 0 Å². The van der Waals surface area contributed by atoms with E-state index in [1.165, 1.54) is 11.3 Å². The summed E-state index contributed by atoms with van der Waals surface area (Å²) in [5.74, 6) is 0. The SMILES string of the molecule is CC(C)n1cncc1CNCCc1ccncc1. The fourth-order valence-electron chi connectivity index (χ4n) is 1.93. The highest BCUT2D eigenvalue weighted by Gasteiger charge is 2.04. The lowest BCUT2D eigenvalue weighted by Crippen LogP contribution is -2.19. The second-order valence-corrected chi connectivity index (χ2v) is 4.67. The Balaban J connectivity index is 1.77. The first kappa shape index (κ1) is 12.8. The largest absolute Gasteiger partial charge is 0.331 e. The quantitative estimate of drug-likeness (QED) is 0.792. The Morgan fingerprint density at radius 2 is 2.00 bits per heavy atom. The van der Waals surface area contributed by atoms with Crippen LogP contribution in [0, 0.1) is 0 Å². The Morgan fingerprint density at radius 3 is 2.72 bits per heavy atom. The molecule has 4 nitrogen and oxygen atoms in total. The van der Waals surface area contributed by atoms with Crippen LogP contribution in [0.5, 0.6) is 0 Å². The van der Waals surface area contributed by atoms with Crippen LogP contribution in [0.3, 0.4) is 0 Å². The van der Waals surface area contributed by atoms with Gasteiger partial charge in [-0.25, -0.2) is 4.98 Å². The van der Waals surface area contributed by atoms with Gasteiger partial charge in [-0.2, -0.15) is 0 Å². The maximum absolute atomic E-state index is 4.19. The van der Waals surface area contributed by atoms with Gasteiger partial charge in [0, 0.05) is 31.2 Å². The number of imidazole rings is 1. The molecule has 0 aliphatic heterocycles. The second kappa shape index (κ2) is 6.31. The third-order valence-electron chi connectivity index (χ3n) is 2.95. The van der Waals surface area contributed by atoms with Crippen molar-refractivity contribution in [2.45, 2.75) is 32.9 Å². The number of hydrogen-bond acceptors (Lipinski definition) is 3. The zero-order chi connectivity index (χ0) is 12.8. The lowest BCUT2D eigenvalue weighted by molar-refractivity contribution is 0.551. The van der Waals surface area contributed by atoms with Crippen LogP contribution in [0.1, 0.15) is 31.1 Å². The van der Waals surface area contributed by atoms with E-state index in [2.05, 4.69) is 45.8 Å². The van der Waals surface area contributed by atoms with Crippen molar-refractivity contribution >= 4 is 0 Å². The van der Waals surface area contributed by atoms with Gasteiger partial charge in [-0.1, -0.05) is 0 Å². The molecule has 2 aromatic heterocycles. The molecule has 0 saturated carbocycles. The molecule has 0 radical (unpaired) electrons. The van der Waals surface area contributed by atoms with Crippen LogP contribution in [-0.2, 0) is 13.0 Å². The second-order valence-electron chi connectivity index (χ2n) is 4.67. The Morgan fingerprint density at radius 1 is 1.22 bits per heavy atom. The molecule has 0 unspecified atom stereocenters. The molecule has 2 rings (SSSR count). The van der Waals surface area contributed by atoms with Gasteiger partial charge in [0.25, 0.3) is 0 Å². The first-order valence-electron chi connectivity index (χ1n) is 6.37. The zero-order valence-electron chi connectivity index (χ0n) is 11.0. The van der Waals surface area contributed by atoms with Crippen molar-refractivity contribution < 1.29 is 0 Å². The van der Waals surface area contributed by atoms with Gasteiger partial charge in [-0.3, -0.25) is 4.98 Å². The molecule has 0 fully saturated rings. The average Bonchev–Trinajstić information content (AvgIpc) is 2.84. The predicted molar refractivity (Wildman–Crippen MR) is 72.3 cm³/mol. The van der Waals surface area contributed by atoms with Crippen molar-refractivity contribution in [2.75, 3.05) is 6.54 Å². The van der Waals surface area contributed by atoms with E-state index in [4.69, 9.17) is 0 Å². The van der Waals surface area contributed by atoms with Crippen LogP contribution in [0.25, 0.3) is 0 Å². The highest BCUT2D eigenvalue weighted by atomic mass is 15.1. The summed E-state index contributed by atoms with van der Waals surface area (Å²) in [4.78, 5) is 8.21. The lowest BCUT2D eigenvalue weighted by Gasteiger charge is -2.12. The molecular formula is C14H20N4. The van der Waals surface area contributed by atoms with E-state index in [0.29, 0.717) is 6.04 Å². The maximum atomic E-state index is 4.19. The standard InChI is InChI=1S/C14H20N4/c1-12(2)18-11-17-10-14(18)9-16-8-5-13-3-6-15-7-4-13/h3-4,6-7,10-12,16H,5,8-9H2,1-2H3. The van der Waals surface area contributed by atoms with Crippen LogP contribution in [0.15, 0.2) is 37.1 Å². The third kappa shape index (κ3) is 3.40. The lowest BCUT2D eigenvalue weighted by atomic mass is 10.2. The monoisotopic (exact) mass is 244 g/mol. The summed E-state index contributed by atoms with van der Waals surface area (Å²) in [5, 5.41) is 3.45. The maximum Gasteiger partial charge on any atom is 0.0951 e. The summed E-state index contributed by atoms with van der Waals surface area (Å²) in [5.41, 5.74) is 2.55. The summed E-state index contributed by atoms with van der Waals surface area (Å²) in [7, 11) is 0. The van der Waals surface area contributed by atoms with E-state index in [9.17, 15) is 0 Å². The van der Waals surface area contributed by atoms with Crippen LogP contribution < -0.4 is 5.32 Å². The fraction of sp³-hybridized carbons (Fsp3) is 0.429. The van der Waals surface area contributed by atoms with Crippen molar-refractivity contribution in [1.82, 2.24) is 19.9 Å². The molecule has 18 heavy (non-hydrogen) atoms. The summed E-state index contributed by atoms with van der Waals surface area (Å²) in [6.07, 6.45) is 8.52. The van der Waals surface area contributed by atoms with Gasteiger partial charge in [0.2, 0.25) is 0 Å². The van der Waals surface area contributed by atoms with Crippen LogP contribution in [0.4, 0.5) is 0 Å². The van der Waals surface area contributed by atoms with Crippen molar-refractivity contribution in [3.8, 4) is 0 Å². The van der Waals surface area contributed by atoms with E-state index < -0.39 is 0 Å². The minimum atomic E-state index is 0.462. The van der Waals surface area contributed by atoms with Gasteiger partial charge in [-0.15, -0.1) is 0 Å². The highest BCUT2D eigenvalue weighted by molar-refractivity contribution is 5.10. The van der Waals surface area contributed by atoms with E-state index >= 15 is 0 Å². The molecule has 2 aromatic rings. The number of nitrogens with one attached hydrogen (secondary N) is 1. The van der Waals surface area contributed by atoms with Gasteiger partial charge in [0.05, 0.1) is 12.0 Å². The molecule has 1 N–H and O–H groups in total. The topological polar surface area (TPSA) is 42.7 Å². The van der Waals surface area contributed by atoms with Gasteiger partial charge >= 0.3 is 0 Å². The number of nitrogens with zero attached hydrogens (tertiary/aromatic N) is 3. The number of hydrogen-bond donors (Lipinski definition) is 1. The molecule has 0 aliphatic carbocycles. The van der Waals surface area contributed by atoms with Crippen molar-refractivity contribution in [2.24, 2.45) is 0 Å². The van der Waals surface area contributed by atoms with Crippen LogP contribution in [0.2, 0.25) is 0 Å². The first-order chi connectivity index (χ1) is 8.77. The summed E-state index contributed by atoms with van der Waals surface area (Å²) in [6.45, 7) is 6.17. The molecule has 0 aromatic carbocycles. The fourth-order valence-corrected chi connectivity index (χ4v) is 1.93. The molecular weight excluding hydrogens is 224 g/mol. The van der Waals surface area contributed by atoms with Crippen molar-refractivity contribution in [1.29, 1.82) is 0 Å². The zero-order valence-corrected chi connectivity index (χ0v) is 11.0. The number of aromatic nitrogens is 3. The average molecular weight is 244 g/mol. The Labute approximate surface area is 108 Å². The Hall–Kier alpha value is -1.68. The van der Waals surface area contributed by atoms with E-state index in [0.717, 1.165) is 19.5 Å². The smallest absolute Gasteiger partial charge is 0.0951 e. The summed E-state index contributed by atoms with van der Waals surface area (Å²) in [6, 6.07) is 4.57. The molecule has 0 spiro atoms. The Bertz CT molecular complexity index is 462. The molecule has 0 saturated heterocycles. The molecule has 0 bridgehead atoms.